The van der Waals surface area contributed by atoms with E-state index in [1.165, 1.54) is 6.20 Å². The number of aryl methyl sites for hydroxylation is 2. The van der Waals surface area contributed by atoms with Crippen LogP contribution in [0.25, 0.3) is 10.9 Å². The van der Waals surface area contributed by atoms with E-state index >= 15 is 0 Å². The molecular weight excluding hydrogens is 192 g/mol. The minimum Gasteiger partial charge on any atom is -0.310 e. The van der Waals surface area contributed by atoms with Crippen LogP contribution in [0, 0.1) is 25.2 Å². The Morgan fingerprint density at radius 1 is 1.47 bits per heavy atom. The Labute approximate surface area is 85.4 Å². The Morgan fingerprint density at radius 3 is 2.87 bits per heavy atom. The van der Waals surface area contributed by atoms with Gasteiger partial charge in [-0.15, -0.1) is 0 Å². The van der Waals surface area contributed by atoms with Crippen LogP contribution in [0.1, 0.15) is 17.1 Å². The number of aromatic nitrogens is 3. The molecule has 1 N–H and O–H groups in total. The van der Waals surface area contributed by atoms with E-state index in [0.29, 0.717) is 22.4 Å². The maximum absolute atomic E-state index is 11.7. The van der Waals surface area contributed by atoms with Gasteiger partial charge in [0.25, 0.3) is 5.56 Å². The summed E-state index contributed by atoms with van der Waals surface area (Å²) in [5.41, 5.74) is 1.11. The van der Waals surface area contributed by atoms with E-state index in [2.05, 4.69) is 15.0 Å². The van der Waals surface area contributed by atoms with E-state index in [-0.39, 0.29) is 11.1 Å². The summed E-state index contributed by atoms with van der Waals surface area (Å²) < 4.78 is 0. The number of H-pyrrole nitrogens is 1. The molecule has 0 unspecified atom stereocenters. The van der Waals surface area contributed by atoms with E-state index in [4.69, 9.17) is 5.26 Å². The Kier molecular flexibility index (Phi) is 1.97. The zero-order valence-electron chi connectivity index (χ0n) is 8.33. The molecule has 15 heavy (non-hydrogen) atoms. The molecule has 0 aliphatic heterocycles. The van der Waals surface area contributed by atoms with Crippen LogP contribution in [0.2, 0.25) is 0 Å². The maximum atomic E-state index is 11.7. The summed E-state index contributed by atoms with van der Waals surface area (Å²) in [4.78, 5) is 22.4. The zero-order valence-corrected chi connectivity index (χ0v) is 8.33. The standard InChI is InChI=1S/C10H8N4O/c1-5-9-8(7(3-11)4-12-5)10(15)14-6(2)13-9/h4H,1-2H3,(H,13,14,15). The lowest BCUT2D eigenvalue weighted by molar-refractivity contribution is 1.04. The number of hydrogen-bond acceptors (Lipinski definition) is 4. The number of rotatable bonds is 0. The summed E-state index contributed by atoms with van der Waals surface area (Å²) in [5.74, 6) is 0.521. The molecule has 0 fully saturated rings. The molecule has 0 atom stereocenters. The van der Waals surface area contributed by atoms with Gasteiger partial charge in [-0.25, -0.2) is 4.98 Å². The van der Waals surface area contributed by atoms with Crippen molar-refractivity contribution in [2.24, 2.45) is 0 Å². The molecule has 0 aliphatic carbocycles. The Balaban J connectivity index is 3.09. The van der Waals surface area contributed by atoms with E-state index in [9.17, 15) is 4.79 Å². The van der Waals surface area contributed by atoms with Gasteiger partial charge >= 0.3 is 0 Å². The fraction of sp³-hybridized carbons (Fsp3) is 0.200. The lowest BCUT2D eigenvalue weighted by Crippen LogP contribution is -2.12. The highest BCUT2D eigenvalue weighted by Crippen LogP contribution is 2.13. The van der Waals surface area contributed by atoms with Crippen LogP contribution in [-0.4, -0.2) is 15.0 Å². The Hall–Kier alpha value is -2.22. The smallest absolute Gasteiger partial charge is 0.260 e. The molecule has 2 rings (SSSR count). The highest BCUT2D eigenvalue weighted by atomic mass is 16.1. The number of nitriles is 1. The number of aromatic amines is 1. The summed E-state index contributed by atoms with van der Waals surface area (Å²) in [6.45, 7) is 3.45. The van der Waals surface area contributed by atoms with E-state index in [1.807, 2.05) is 6.07 Å². The molecule has 2 aromatic heterocycles. The number of fused-ring (bicyclic) bond motifs is 1. The molecule has 0 spiro atoms. The van der Waals surface area contributed by atoms with Crippen molar-refractivity contribution >= 4 is 10.9 Å². The first-order valence-corrected chi connectivity index (χ1v) is 4.40. The topological polar surface area (TPSA) is 82.4 Å². The van der Waals surface area contributed by atoms with Crippen LogP contribution >= 0.6 is 0 Å². The monoisotopic (exact) mass is 200 g/mol. The molecule has 5 heteroatoms. The number of nitrogens with zero attached hydrogens (tertiary/aromatic N) is 3. The minimum atomic E-state index is -0.292. The highest BCUT2D eigenvalue weighted by Gasteiger charge is 2.10. The van der Waals surface area contributed by atoms with Crippen LogP contribution in [0.4, 0.5) is 0 Å². The second-order valence-corrected chi connectivity index (χ2v) is 3.24. The van der Waals surface area contributed by atoms with E-state index in [0.717, 1.165) is 0 Å². The molecule has 5 nitrogen and oxygen atoms in total. The first kappa shape index (κ1) is 9.34. The quantitative estimate of drug-likeness (QED) is 0.682. The van der Waals surface area contributed by atoms with Gasteiger partial charge in [0.15, 0.2) is 0 Å². The molecule has 0 radical (unpaired) electrons. The normalized spacial score (nSPS) is 10.2. The van der Waals surface area contributed by atoms with Crippen molar-refractivity contribution < 1.29 is 0 Å². The van der Waals surface area contributed by atoms with Crippen LogP contribution in [-0.2, 0) is 0 Å². The molecular formula is C10H8N4O. The summed E-state index contributed by atoms with van der Waals surface area (Å²) in [6.07, 6.45) is 1.39. The molecule has 0 aliphatic rings. The second-order valence-electron chi connectivity index (χ2n) is 3.24. The number of hydrogen-bond donors (Lipinski definition) is 1. The molecule has 0 saturated carbocycles. The Bertz CT molecular complexity index is 636. The van der Waals surface area contributed by atoms with Gasteiger partial charge in [-0.2, -0.15) is 5.26 Å². The van der Waals surface area contributed by atoms with Crippen molar-refractivity contribution in [3.63, 3.8) is 0 Å². The average molecular weight is 200 g/mol. The summed E-state index contributed by atoms with van der Waals surface area (Å²) >= 11 is 0. The van der Waals surface area contributed by atoms with Gasteiger partial charge in [0.1, 0.15) is 17.4 Å². The lowest BCUT2D eigenvalue weighted by Gasteiger charge is -2.02. The van der Waals surface area contributed by atoms with Crippen molar-refractivity contribution in [1.82, 2.24) is 15.0 Å². The van der Waals surface area contributed by atoms with E-state index < -0.39 is 0 Å². The summed E-state index contributed by atoms with van der Waals surface area (Å²) in [6, 6.07) is 1.93. The van der Waals surface area contributed by atoms with Gasteiger partial charge in [-0.3, -0.25) is 9.78 Å². The molecule has 0 saturated heterocycles. The SMILES string of the molecule is Cc1nc2c(C)ncc(C#N)c2c(=O)[nH]1. The average Bonchev–Trinajstić information content (AvgIpc) is 2.19. The largest absolute Gasteiger partial charge is 0.310 e. The van der Waals surface area contributed by atoms with Gasteiger partial charge in [0, 0.05) is 6.20 Å². The van der Waals surface area contributed by atoms with Crippen molar-refractivity contribution in [2.75, 3.05) is 0 Å². The van der Waals surface area contributed by atoms with E-state index in [1.54, 1.807) is 13.8 Å². The Morgan fingerprint density at radius 2 is 2.20 bits per heavy atom. The third kappa shape index (κ3) is 1.36. The van der Waals surface area contributed by atoms with Crippen molar-refractivity contribution in [3.05, 3.63) is 33.6 Å². The minimum absolute atomic E-state index is 0.254. The highest BCUT2D eigenvalue weighted by molar-refractivity contribution is 5.84. The van der Waals surface area contributed by atoms with Gasteiger partial charge < -0.3 is 4.98 Å². The van der Waals surface area contributed by atoms with Gasteiger partial charge in [-0.1, -0.05) is 0 Å². The maximum Gasteiger partial charge on any atom is 0.260 e. The van der Waals surface area contributed by atoms with Crippen LogP contribution in [0.5, 0.6) is 0 Å². The molecule has 0 aromatic carbocycles. The molecule has 74 valence electrons. The van der Waals surface area contributed by atoms with Crippen molar-refractivity contribution in [2.45, 2.75) is 13.8 Å². The molecule has 0 amide bonds. The third-order valence-corrected chi connectivity index (χ3v) is 2.16. The fourth-order valence-electron chi connectivity index (χ4n) is 1.47. The van der Waals surface area contributed by atoms with Crippen molar-refractivity contribution in [3.8, 4) is 6.07 Å². The summed E-state index contributed by atoms with van der Waals surface area (Å²) in [5, 5.41) is 9.17. The first-order chi connectivity index (χ1) is 7.13. The van der Waals surface area contributed by atoms with Crippen LogP contribution in [0.3, 0.4) is 0 Å². The third-order valence-electron chi connectivity index (χ3n) is 2.16. The second kappa shape index (κ2) is 3.17. The molecule has 2 aromatic rings. The van der Waals surface area contributed by atoms with Crippen LogP contribution in [0.15, 0.2) is 11.0 Å². The summed E-state index contributed by atoms with van der Waals surface area (Å²) in [7, 11) is 0. The van der Waals surface area contributed by atoms with Gasteiger partial charge in [-0.05, 0) is 13.8 Å². The predicted octanol–water partition coefficient (Wildman–Crippen LogP) is 0.807. The molecule has 0 bridgehead atoms. The molecule has 2 heterocycles. The zero-order chi connectivity index (χ0) is 11.0. The van der Waals surface area contributed by atoms with Crippen LogP contribution < -0.4 is 5.56 Å². The number of nitrogens with one attached hydrogen (secondary N) is 1. The van der Waals surface area contributed by atoms with Gasteiger partial charge in [0.2, 0.25) is 0 Å². The number of pyridine rings is 1. The first-order valence-electron chi connectivity index (χ1n) is 4.40. The van der Waals surface area contributed by atoms with Gasteiger partial charge in [0.05, 0.1) is 16.6 Å². The predicted molar refractivity (Wildman–Crippen MR) is 54.3 cm³/mol. The lowest BCUT2D eigenvalue weighted by atomic mass is 10.1. The fourth-order valence-corrected chi connectivity index (χ4v) is 1.47. The van der Waals surface area contributed by atoms with Crippen molar-refractivity contribution in [1.29, 1.82) is 5.26 Å².